The Morgan fingerprint density at radius 3 is 2.18 bits per heavy atom. The fourth-order valence-corrected chi connectivity index (χ4v) is 1.91. The van der Waals surface area contributed by atoms with Crippen molar-refractivity contribution in [2.75, 3.05) is 6.61 Å². The lowest BCUT2D eigenvalue weighted by Crippen LogP contribution is -2.30. The Hall–Kier alpha value is -0.640. The summed E-state index contributed by atoms with van der Waals surface area (Å²) in [5.41, 5.74) is -1.02. The number of carboxylic acids is 1. The number of carboxylic acid groups (broad SMARTS) is 1. The zero-order valence-electron chi connectivity index (χ0n) is 9.26. The van der Waals surface area contributed by atoms with Gasteiger partial charge in [-0.25, -0.2) is 0 Å². The average molecular weight is 298 g/mol. The summed E-state index contributed by atoms with van der Waals surface area (Å²) in [6.45, 7) is 3.06. The monoisotopic (exact) mass is 296 g/mol. The summed E-state index contributed by atoms with van der Waals surface area (Å²) in [5.74, 6) is -0.717. The summed E-state index contributed by atoms with van der Waals surface area (Å²) >= 11 is 17.5. The first-order chi connectivity index (χ1) is 7.74. The molecule has 0 aliphatic heterocycles. The molecule has 0 aliphatic carbocycles. The van der Waals surface area contributed by atoms with Crippen molar-refractivity contribution >= 4 is 40.8 Å². The van der Waals surface area contributed by atoms with Crippen molar-refractivity contribution in [3.05, 3.63) is 27.2 Å². The number of ether oxygens (including phenoxy) is 1. The SMILES string of the molecule is CC(C)(COc1c(Cl)cc(Cl)cc1Cl)C(=O)O. The highest BCUT2D eigenvalue weighted by atomic mass is 35.5. The molecule has 0 spiro atoms. The molecule has 17 heavy (non-hydrogen) atoms. The smallest absolute Gasteiger partial charge is 0.312 e. The van der Waals surface area contributed by atoms with E-state index in [1.54, 1.807) is 13.8 Å². The Balaban J connectivity index is 2.87. The molecule has 0 fully saturated rings. The normalized spacial score (nSPS) is 11.4. The van der Waals surface area contributed by atoms with E-state index in [1.807, 2.05) is 0 Å². The van der Waals surface area contributed by atoms with Crippen LogP contribution in [0.1, 0.15) is 13.8 Å². The maximum absolute atomic E-state index is 10.9. The lowest BCUT2D eigenvalue weighted by molar-refractivity contribution is -0.148. The van der Waals surface area contributed by atoms with Crippen molar-refractivity contribution < 1.29 is 14.6 Å². The second-order valence-electron chi connectivity index (χ2n) is 4.18. The Morgan fingerprint density at radius 2 is 1.76 bits per heavy atom. The molecule has 0 unspecified atom stereocenters. The largest absolute Gasteiger partial charge is 0.489 e. The van der Waals surface area contributed by atoms with Crippen LogP contribution in [0.5, 0.6) is 5.75 Å². The number of hydrogen-bond acceptors (Lipinski definition) is 2. The first-order valence-corrected chi connectivity index (χ1v) is 5.88. The first-order valence-electron chi connectivity index (χ1n) is 4.75. The van der Waals surface area contributed by atoms with Crippen LogP contribution in [0.3, 0.4) is 0 Å². The fourth-order valence-electron chi connectivity index (χ4n) is 0.981. The van der Waals surface area contributed by atoms with E-state index in [4.69, 9.17) is 44.6 Å². The quantitative estimate of drug-likeness (QED) is 0.908. The maximum atomic E-state index is 10.9. The second-order valence-corrected chi connectivity index (χ2v) is 5.43. The molecule has 0 atom stereocenters. The van der Waals surface area contributed by atoms with E-state index >= 15 is 0 Å². The third-order valence-corrected chi connectivity index (χ3v) is 2.90. The minimum atomic E-state index is -1.02. The van der Waals surface area contributed by atoms with Gasteiger partial charge in [0.15, 0.2) is 5.75 Å². The summed E-state index contributed by atoms with van der Waals surface area (Å²) in [4.78, 5) is 10.9. The predicted molar refractivity (Wildman–Crippen MR) is 68.4 cm³/mol. The van der Waals surface area contributed by atoms with Crippen molar-refractivity contribution in [2.45, 2.75) is 13.8 Å². The molecule has 1 aromatic carbocycles. The van der Waals surface area contributed by atoms with Crippen molar-refractivity contribution in [1.29, 1.82) is 0 Å². The molecule has 1 rings (SSSR count). The Morgan fingerprint density at radius 1 is 1.29 bits per heavy atom. The van der Waals surface area contributed by atoms with E-state index in [2.05, 4.69) is 0 Å². The summed E-state index contributed by atoms with van der Waals surface area (Å²) in [6.07, 6.45) is 0. The van der Waals surface area contributed by atoms with Crippen LogP contribution in [-0.2, 0) is 4.79 Å². The highest BCUT2D eigenvalue weighted by molar-refractivity contribution is 6.40. The third-order valence-electron chi connectivity index (χ3n) is 2.12. The number of benzene rings is 1. The summed E-state index contributed by atoms with van der Waals surface area (Å²) < 4.78 is 5.35. The highest BCUT2D eigenvalue weighted by Gasteiger charge is 2.28. The van der Waals surface area contributed by atoms with Crippen LogP contribution in [0.2, 0.25) is 15.1 Å². The van der Waals surface area contributed by atoms with E-state index in [-0.39, 0.29) is 22.4 Å². The molecular weight excluding hydrogens is 286 g/mol. The minimum Gasteiger partial charge on any atom is -0.489 e. The molecule has 0 amide bonds. The molecule has 3 nitrogen and oxygen atoms in total. The standard InChI is InChI=1S/C11H11Cl3O3/c1-11(2,10(15)16)5-17-9-7(13)3-6(12)4-8(9)14/h3-4H,5H2,1-2H3,(H,15,16). The molecular formula is C11H11Cl3O3. The fraction of sp³-hybridized carbons (Fsp3) is 0.364. The van der Waals surface area contributed by atoms with Crippen LogP contribution in [0.25, 0.3) is 0 Å². The van der Waals surface area contributed by atoms with Crippen molar-refractivity contribution in [3.8, 4) is 5.75 Å². The number of carbonyl (C=O) groups is 1. The van der Waals surface area contributed by atoms with Crippen LogP contribution in [-0.4, -0.2) is 17.7 Å². The lowest BCUT2D eigenvalue weighted by atomic mass is 9.95. The summed E-state index contributed by atoms with van der Waals surface area (Å²) in [6, 6.07) is 2.97. The molecule has 0 saturated heterocycles. The molecule has 0 aliphatic rings. The zero-order valence-corrected chi connectivity index (χ0v) is 11.5. The van der Waals surface area contributed by atoms with Gasteiger partial charge in [0, 0.05) is 5.02 Å². The van der Waals surface area contributed by atoms with Gasteiger partial charge in [-0.3, -0.25) is 4.79 Å². The van der Waals surface area contributed by atoms with E-state index in [0.717, 1.165) is 0 Å². The molecule has 0 bridgehead atoms. The van der Waals surface area contributed by atoms with Gasteiger partial charge in [-0.15, -0.1) is 0 Å². The average Bonchev–Trinajstić information content (AvgIpc) is 2.15. The Labute approximate surface area is 114 Å². The minimum absolute atomic E-state index is 0.0383. The molecule has 1 N–H and O–H groups in total. The Kier molecular flexibility index (Phi) is 4.53. The van der Waals surface area contributed by atoms with E-state index in [1.165, 1.54) is 12.1 Å². The van der Waals surface area contributed by atoms with Crippen molar-refractivity contribution in [3.63, 3.8) is 0 Å². The second kappa shape index (κ2) is 5.34. The molecule has 0 saturated carbocycles. The van der Waals surface area contributed by atoms with Crippen molar-refractivity contribution in [2.24, 2.45) is 5.41 Å². The van der Waals surface area contributed by atoms with Gasteiger partial charge in [0.05, 0.1) is 15.5 Å². The molecule has 1 aromatic rings. The van der Waals surface area contributed by atoms with Gasteiger partial charge in [0.2, 0.25) is 0 Å². The van der Waals surface area contributed by atoms with Gasteiger partial charge in [-0.1, -0.05) is 34.8 Å². The summed E-state index contributed by atoms with van der Waals surface area (Å²) in [5, 5.41) is 9.84. The van der Waals surface area contributed by atoms with Crippen LogP contribution in [0.15, 0.2) is 12.1 Å². The van der Waals surface area contributed by atoms with Crippen LogP contribution in [0, 0.1) is 5.41 Å². The van der Waals surface area contributed by atoms with Crippen molar-refractivity contribution in [1.82, 2.24) is 0 Å². The van der Waals surface area contributed by atoms with E-state index < -0.39 is 11.4 Å². The molecule has 94 valence electrons. The van der Waals surface area contributed by atoms with E-state index in [0.29, 0.717) is 5.02 Å². The Bertz CT molecular complexity index is 421. The molecule has 0 radical (unpaired) electrons. The van der Waals surface area contributed by atoms with Gasteiger partial charge in [0.25, 0.3) is 0 Å². The third kappa shape index (κ3) is 3.66. The van der Waals surface area contributed by atoms with E-state index in [9.17, 15) is 4.79 Å². The van der Waals surface area contributed by atoms with Gasteiger partial charge in [-0.2, -0.15) is 0 Å². The molecule has 6 heteroatoms. The number of rotatable bonds is 4. The van der Waals surface area contributed by atoms with Gasteiger partial charge < -0.3 is 9.84 Å². The molecule has 0 heterocycles. The number of hydrogen-bond donors (Lipinski definition) is 1. The lowest BCUT2D eigenvalue weighted by Gasteiger charge is -2.20. The zero-order chi connectivity index (χ0) is 13.2. The van der Waals surface area contributed by atoms with Gasteiger partial charge in [0.1, 0.15) is 6.61 Å². The number of aliphatic carboxylic acids is 1. The van der Waals surface area contributed by atoms with Gasteiger partial charge in [-0.05, 0) is 26.0 Å². The highest BCUT2D eigenvalue weighted by Crippen LogP contribution is 2.36. The van der Waals surface area contributed by atoms with Crippen LogP contribution >= 0.6 is 34.8 Å². The first kappa shape index (κ1) is 14.4. The maximum Gasteiger partial charge on any atom is 0.312 e. The van der Waals surface area contributed by atoms with Gasteiger partial charge >= 0.3 is 5.97 Å². The molecule has 0 aromatic heterocycles. The van der Waals surface area contributed by atoms with Crippen LogP contribution < -0.4 is 4.74 Å². The topological polar surface area (TPSA) is 46.5 Å². The number of halogens is 3. The van der Waals surface area contributed by atoms with Crippen LogP contribution in [0.4, 0.5) is 0 Å². The predicted octanol–water partition coefficient (Wildman–Crippen LogP) is 4.14. The summed E-state index contributed by atoms with van der Waals surface area (Å²) in [7, 11) is 0.